The van der Waals surface area contributed by atoms with Crippen molar-refractivity contribution in [3.05, 3.63) is 125 Å². The van der Waals surface area contributed by atoms with Gasteiger partial charge in [0.15, 0.2) is 0 Å². The lowest BCUT2D eigenvalue weighted by Gasteiger charge is -2.05. The highest BCUT2D eigenvalue weighted by molar-refractivity contribution is 7.11. The Labute approximate surface area is 219 Å². The van der Waals surface area contributed by atoms with Crippen LogP contribution in [0.2, 0.25) is 0 Å². The lowest BCUT2D eigenvalue weighted by Crippen LogP contribution is -1.94. The van der Waals surface area contributed by atoms with Crippen LogP contribution in [-0.4, -0.2) is 14.8 Å². The van der Waals surface area contributed by atoms with E-state index in [9.17, 15) is 5.26 Å². The monoisotopic (exact) mass is 494 g/mol. The molecule has 2 aromatic heterocycles. The second-order valence-electron chi connectivity index (χ2n) is 8.81. The second kappa shape index (κ2) is 9.69. The number of aromatic nitrogens is 3. The number of hydrogen-bond acceptors (Lipinski definition) is 4. The standard InChI is InChI=1S/C32H22N4S/c1-22-14-16-24(17-15-22)30-21-37-32(34-30)25(19-33)18-26-20-36(27-10-3-2-4-11-27)35-31(26)29-13-7-9-23-8-5-6-12-28(23)29/h2-18,20-21H,1H3. The van der Waals surface area contributed by atoms with Crippen molar-refractivity contribution in [2.24, 2.45) is 0 Å². The molecule has 6 rings (SSSR count). The summed E-state index contributed by atoms with van der Waals surface area (Å²) < 4.78 is 1.87. The van der Waals surface area contributed by atoms with Crippen molar-refractivity contribution in [3.8, 4) is 34.3 Å². The van der Waals surface area contributed by atoms with Gasteiger partial charge in [-0.25, -0.2) is 9.67 Å². The highest BCUT2D eigenvalue weighted by Crippen LogP contribution is 2.34. The summed E-state index contributed by atoms with van der Waals surface area (Å²) in [6, 6.07) is 35.2. The first kappa shape index (κ1) is 22.7. The summed E-state index contributed by atoms with van der Waals surface area (Å²) in [4.78, 5) is 4.80. The number of nitriles is 1. The molecule has 0 amide bonds. The molecule has 4 nitrogen and oxygen atoms in total. The SMILES string of the molecule is Cc1ccc(-c2csc(C(C#N)=Cc3cn(-c4ccccc4)nc3-c3cccc4ccccc34)n2)cc1. The van der Waals surface area contributed by atoms with E-state index in [1.807, 2.05) is 70.9 Å². The summed E-state index contributed by atoms with van der Waals surface area (Å²) in [7, 11) is 0. The first-order valence-electron chi connectivity index (χ1n) is 12.0. The Morgan fingerprint density at radius 1 is 0.892 bits per heavy atom. The number of thiazole rings is 1. The predicted molar refractivity (Wildman–Crippen MR) is 152 cm³/mol. The summed E-state index contributed by atoms with van der Waals surface area (Å²) in [5.41, 5.74) is 7.29. The number of nitrogens with zero attached hydrogens (tertiary/aromatic N) is 4. The summed E-state index contributed by atoms with van der Waals surface area (Å²) >= 11 is 1.48. The Balaban J connectivity index is 1.49. The smallest absolute Gasteiger partial charge is 0.134 e. The molecule has 0 N–H and O–H groups in total. The minimum Gasteiger partial charge on any atom is -0.240 e. The lowest BCUT2D eigenvalue weighted by atomic mass is 9.99. The average Bonchev–Trinajstić information content (AvgIpc) is 3.60. The molecule has 176 valence electrons. The maximum absolute atomic E-state index is 10.1. The van der Waals surface area contributed by atoms with Gasteiger partial charge in [0.05, 0.1) is 17.0 Å². The zero-order valence-electron chi connectivity index (χ0n) is 20.2. The summed E-state index contributed by atoms with van der Waals surface area (Å²) in [6.45, 7) is 2.07. The molecule has 0 aliphatic rings. The first-order chi connectivity index (χ1) is 18.2. The first-order valence-corrected chi connectivity index (χ1v) is 12.9. The highest BCUT2D eigenvalue weighted by Gasteiger charge is 2.16. The molecule has 5 heteroatoms. The molecule has 0 saturated carbocycles. The van der Waals surface area contributed by atoms with Crippen LogP contribution in [0.5, 0.6) is 0 Å². The molecule has 0 aliphatic carbocycles. The zero-order valence-corrected chi connectivity index (χ0v) is 21.0. The summed E-state index contributed by atoms with van der Waals surface area (Å²) in [6.07, 6.45) is 3.89. The Morgan fingerprint density at radius 3 is 2.46 bits per heavy atom. The fourth-order valence-corrected chi connectivity index (χ4v) is 5.19. The number of allylic oxidation sites excluding steroid dienone is 1. The van der Waals surface area contributed by atoms with Crippen molar-refractivity contribution < 1.29 is 0 Å². The van der Waals surface area contributed by atoms with E-state index in [0.29, 0.717) is 10.6 Å². The quantitative estimate of drug-likeness (QED) is 0.227. The van der Waals surface area contributed by atoms with Gasteiger partial charge in [-0.05, 0) is 35.9 Å². The van der Waals surface area contributed by atoms with E-state index in [1.54, 1.807) is 0 Å². The third kappa shape index (κ3) is 4.47. The van der Waals surface area contributed by atoms with E-state index in [0.717, 1.165) is 44.5 Å². The van der Waals surface area contributed by atoms with Crippen molar-refractivity contribution in [2.75, 3.05) is 0 Å². The molecule has 0 aliphatic heterocycles. The van der Waals surface area contributed by atoms with Crippen molar-refractivity contribution in [1.82, 2.24) is 14.8 Å². The van der Waals surface area contributed by atoms with E-state index < -0.39 is 0 Å². The molecule has 6 aromatic rings. The van der Waals surface area contributed by atoms with E-state index in [-0.39, 0.29) is 0 Å². The number of aryl methyl sites for hydroxylation is 1. The van der Waals surface area contributed by atoms with Gasteiger partial charge in [0.25, 0.3) is 0 Å². The molecule has 0 radical (unpaired) electrons. The summed E-state index contributed by atoms with van der Waals surface area (Å²) in [5, 5.41) is 20.1. The third-order valence-electron chi connectivity index (χ3n) is 6.31. The molecule has 4 aromatic carbocycles. The topological polar surface area (TPSA) is 54.5 Å². The van der Waals surface area contributed by atoms with Crippen LogP contribution in [0.4, 0.5) is 0 Å². The van der Waals surface area contributed by atoms with Crippen molar-refractivity contribution in [2.45, 2.75) is 6.92 Å². The zero-order chi connectivity index (χ0) is 25.2. The van der Waals surface area contributed by atoms with Gasteiger partial charge in [-0.1, -0.05) is 90.5 Å². The molecule has 0 saturated heterocycles. The molecule has 0 unspecified atom stereocenters. The van der Waals surface area contributed by atoms with E-state index in [1.165, 1.54) is 16.9 Å². The van der Waals surface area contributed by atoms with Crippen LogP contribution >= 0.6 is 11.3 Å². The number of para-hydroxylation sites is 1. The normalized spacial score (nSPS) is 11.5. The van der Waals surface area contributed by atoms with Crippen LogP contribution in [0.1, 0.15) is 16.1 Å². The number of rotatable bonds is 5. The lowest BCUT2D eigenvalue weighted by molar-refractivity contribution is 0.884. The van der Waals surface area contributed by atoms with Gasteiger partial charge in [-0.2, -0.15) is 10.4 Å². The van der Waals surface area contributed by atoms with Gasteiger partial charge in [-0.15, -0.1) is 11.3 Å². The number of hydrogen-bond donors (Lipinski definition) is 0. The van der Waals surface area contributed by atoms with Crippen LogP contribution in [0.25, 0.3) is 50.6 Å². The predicted octanol–water partition coefficient (Wildman–Crippen LogP) is 8.19. The Bertz CT molecular complexity index is 1780. The Kier molecular flexibility index (Phi) is 5.94. The van der Waals surface area contributed by atoms with Crippen LogP contribution in [0.15, 0.2) is 109 Å². The van der Waals surface area contributed by atoms with Crippen LogP contribution in [-0.2, 0) is 0 Å². The molecule has 0 atom stereocenters. The second-order valence-corrected chi connectivity index (χ2v) is 9.67. The van der Waals surface area contributed by atoms with Crippen LogP contribution in [0, 0.1) is 18.3 Å². The molecule has 2 heterocycles. The fraction of sp³-hybridized carbons (Fsp3) is 0.0312. The fourth-order valence-electron chi connectivity index (χ4n) is 4.40. The maximum atomic E-state index is 10.1. The minimum absolute atomic E-state index is 0.512. The molecule has 0 fully saturated rings. The largest absolute Gasteiger partial charge is 0.240 e. The van der Waals surface area contributed by atoms with Gasteiger partial charge >= 0.3 is 0 Å². The number of fused-ring (bicyclic) bond motifs is 1. The summed E-state index contributed by atoms with van der Waals surface area (Å²) in [5.74, 6) is 0. The molecular formula is C32H22N4S. The van der Waals surface area contributed by atoms with Crippen molar-refractivity contribution in [1.29, 1.82) is 5.26 Å². The van der Waals surface area contributed by atoms with Gasteiger partial charge in [0, 0.05) is 28.3 Å². The average molecular weight is 495 g/mol. The van der Waals surface area contributed by atoms with Gasteiger partial charge in [0.2, 0.25) is 0 Å². The minimum atomic E-state index is 0.512. The van der Waals surface area contributed by atoms with Crippen molar-refractivity contribution in [3.63, 3.8) is 0 Å². The van der Waals surface area contributed by atoms with E-state index >= 15 is 0 Å². The van der Waals surface area contributed by atoms with Crippen molar-refractivity contribution >= 4 is 33.8 Å². The van der Waals surface area contributed by atoms with Gasteiger partial charge in [-0.3, -0.25) is 0 Å². The Morgan fingerprint density at radius 2 is 1.65 bits per heavy atom. The maximum Gasteiger partial charge on any atom is 0.134 e. The Hall–Kier alpha value is -4.79. The molecule has 0 spiro atoms. The highest BCUT2D eigenvalue weighted by atomic mass is 32.1. The molecular weight excluding hydrogens is 472 g/mol. The van der Waals surface area contributed by atoms with E-state index in [4.69, 9.17) is 10.1 Å². The van der Waals surface area contributed by atoms with Crippen LogP contribution < -0.4 is 0 Å². The van der Waals surface area contributed by atoms with Gasteiger partial charge < -0.3 is 0 Å². The molecule has 0 bridgehead atoms. The van der Waals surface area contributed by atoms with Crippen LogP contribution in [0.3, 0.4) is 0 Å². The number of benzene rings is 4. The third-order valence-corrected chi connectivity index (χ3v) is 7.19. The van der Waals surface area contributed by atoms with E-state index in [2.05, 4.69) is 61.5 Å². The molecule has 37 heavy (non-hydrogen) atoms. The van der Waals surface area contributed by atoms with Gasteiger partial charge in [0.1, 0.15) is 16.8 Å².